The van der Waals surface area contributed by atoms with Crippen LogP contribution < -0.4 is 10.9 Å². The van der Waals surface area contributed by atoms with E-state index in [2.05, 4.69) is 9.32 Å². The summed E-state index contributed by atoms with van der Waals surface area (Å²) in [5.74, 6) is -0.502. The molecule has 0 heterocycles. The van der Waals surface area contributed by atoms with Gasteiger partial charge in [0, 0.05) is 12.0 Å². The minimum Gasteiger partial charge on any atom is -0.390 e. The van der Waals surface area contributed by atoms with E-state index in [1.165, 1.54) is 0 Å². The Balaban J connectivity index is 2.48. The lowest BCUT2D eigenvalue weighted by molar-refractivity contribution is 0.00621. The number of nitrogens with two attached hydrogens (primary N) is 2. The van der Waals surface area contributed by atoms with Crippen LogP contribution in [0.2, 0.25) is 0 Å². The first-order valence-electron chi connectivity index (χ1n) is 4.10. The zero-order valence-corrected chi connectivity index (χ0v) is 8.22. The van der Waals surface area contributed by atoms with Gasteiger partial charge in [-0.1, -0.05) is 0 Å². The molecule has 4 atom stereocenters. The molecule has 0 amide bonds. The Morgan fingerprint density at radius 1 is 1.36 bits per heavy atom. The van der Waals surface area contributed by atoms with Gasteiger partial charge in [0.15, 0.2) is 0 Å². The summed E-state index contributed by atoms with van der Waals surface area (Å²) in [6.45, 7) is -0.259. The van der Waals surface area contributed by atoms with Crippen LogP contribution in [0, 0.1) is 5.92 Å². The maximum absolute atomic E-state index is 10.4. The fourth-order valence-electron chi connectivity index (χ4n) is 1.51. The standard InChI is InChI=1S/C6H14N2O5S/c7-4-1-3(5(9)6(4)10)2-13-14(8,11)12/h3-6,9-10H,1-2,7H2,(H2,8,11,12)/t3-,4-,5-,6+/m1/s1. The van der Waals surface area contributed by atoms with Gasteiger partial charge in [-0.15, -0.1) is 0 Å². The van der Waals surface area contributed by atoms with Crippen LogP contribution in [-0.2, 0) is 14.5 Å². The fourth-order valence-corrected chi connectivity index (χ4v) is 1.87. The van der Waals surface area contributed by atoms with E-state index in [0.717, 1.165) is 0 Å². The zero-order valence-electron chi connectivity index (χ0n) is 7.41. The van der Waals surface area contributed by atoms with Crippen LogP contribution in [0.1, 0.15) is 6.42 Å². The van der Waals surface area contributed by atoms with Gasteiger partial charge in [-0.05, 0) is 6.42 Å². The summed E-state index contributed by atoms with van der Waals surface area (Å²) >= 11 is 0. The molecule has 1 aliphatic rings. The first-order chi connectivity index (χ1) is 6.31. The van der Waals surface area contributed by atoms with Crippen LogP contribution in [0.25, 0.3) is 0 Å². The Hall–Kier alpha value is -0.250. The summed E-state index contributed by atoms with van der Waals surface area (Å²) in [6, 6.07) is -0.556. The Morgan fingerprint density at radius 3 is 2.29 bits per heavy atom. The molecule has 8 heteroatoms. The molecular formula is C6H14N2O5S. The van der Waals surface area contributed by atoms with Gasteiger partial charge in [0.05, 0.1) is 18.8 Å². The van der Waals surface area contributed by atoms with E-state index in [1.807, 2.05) is 0 Å². The highest BCUT2D eigenvalue weighted by Gasteiger charge is 2.39. The molecule has 1 saturated carbocycles. The van der Waals surface area contributed by atoms with Gasteiger partial charge in [-0.2, -0.15) is 8.42 Å². The predicted molar refractivity (Wildman–Crippen MR) is 47.2 cm³/mol. The van der Waals surface area contributed by atoms with Crippen molar-refractivity contribution in [3.63, 3.8) is 0 Å². The predicted octanol–water partition coefficient (Wildman–Crippen LogP) is -2.72. The molecular weight excluding hydrogens is 212 g/mol. The minimum absolute atomic E-state index is 0.259. The van der Waals surface area contributed by atoms with Crippen molar-refractivity contribution in [2.75, 3.05) is 6.61 Å². The lowest BCUT2D eigenvalue weighted by Crippen LogP contribution is -2.36. The minimum atomic E-state index is -4.00. The quantitative estimate of drug-likeness (QED) is 0.412. The largest absolute Gasteiger partial charge is 0.390 e. The number of rotatable bonds is 3. The van der Waals surface area contributed by atoms with E-state index in [4.69, 9.17) is 5.73 Å². The molecule has 1 rings (SSSR count). The number of hydrogen-bond donors (Lipinski definition) is 4. The van der Waals surface area contributed by atoms with Crippen molar-refractivity contribution in [3.05, 3.63) is 0 Å². The Kier molecular flexibility index (Phi) is 3.45. The Bertz CT molecular complexity index is 293. The third-order valence-electron chi connectivity index (χ3n) is 2.29. The normalized spacial score (nSPS) is 38.9. The third-order valence-corrected chi connectivity index (χ3v) is 2.76. The summed E-state index contributed by atoms with van der Waals surface area (Å²) in [7, 11) is -4.00. The van der Waals surface area contributed by atoms with Gasteiger partial charge in [0.2, 0.25) is 0 Å². The van der Waals surface area contributed by atoms with Crippen LogP contribution in [0.4, 0.5) is 0 Å². The van der Waals surface area contributed by atoms with Crippen molar-refractivity contribution in [2.45, 2.75) is 24.7 Å². The van der Waals surface area contributed by atoms with Crippen molar-refractivity contribution in [3.8, 4) is 0 Å². The smallest absolute Gasteiger partial charge is 0.333 e. The summed E-state index contributed by atoms with van der Waals surface area (Å²) in [5, 5.41) is 23.2. The van der Waals surface area contributed by atoms with Crippen molar-refractivity contribution in [1.82, 2.24) is 0 Å². The number of aliphatic hydroxyl groups is 2. The topological polar surface area (TPSA) is 136 Å². The molecule has 84 valence electrons. The van der Waals surface area contributed by atoms with Crippen molar-refractivity contribution in [2.24, 2.45) is 16.8 Å². The van der Waals surface area contributed by atoms with Gasteiger partial charge in [0.1, 0.15) is 0 Å². The second kappa shape index (κ2) is 4.09. The highest BCUT2D eigenvalue weighted by molar-refractivity contribution is 7.84. The summed E-state index contributed by atoms with van der Waals surface area (Å²) in [6.07, 6.45) is -1.80. The maximum atomic E-state index is 10.4. The van der Waals surface area contributed by atoms with Crippen LogP contribution >= 0.6 is 0 Å². The summed E-state index contributed by atoms with van der Waals surface area (Å²) in [5.41, 5.74) is 5.45. The lowest BCUT2D eigenvalue weighted by Gasteiger charge is -2.15. The van der Waals surface area contributed by atoms with Crippen molar-refractivity contribution in [1.29, 1.82) is 0 Å². The average molecular weight is 226 g/mol. The number of aliphatic hydroxyl groups excluding tert-OH is 2. The summed E-state index contributed by atoms with van der Waals surface area (Å²) < 4.78 is 25.2. The van der Waals surface area contributed by atoms with Gasteiger partial charge < -0.3 is 15.9 Å². The van der Waals surface area contributed by atoms with Gasteiger partial charge >= 0.3 is 10.3 Å². The van der Waals surface area contributed by atoms with Gasteiger partial charge in [-0.3, -0.25) is 4.18 Å². The molecule has 0 aromatic heterocycles. The van der Waals surface area contributed by atoms with E-state index >= 15 is 0 Å². The van der Waals surface area contributed by atoms with Crippen LogP contribution in [0.15, 0.2) is 0 Å². The molecule has 1 aliphatic carbocycles. The van der Waals surface area contributed by atoms with Crippen LogP contribution in [-0.4, -0.2) is 43.5 Å². The molecule has 0 aromatic carbocycles. The van der Waals surface area contributed by atoms with E-state index in [-0.39, 0.29) is 6.61 Å². The first kappa shape index (κ1) is 11.8. The fraction of sp³-hybridized carbons (Fsp3) is 1.00. The number of hydrogen-bond acceptors (Lipinski definition) is 6. The third kappa shape index (κ3) is 2.87. The first-order valence-corrected chi connectivity index (χ1v) is 5.57. The van der Waals surface area contributed by atoms with Crippen LogP contribution in [0.3, 0.4) is 0 Å². The molecule has 0 saturated heterocycles. The highest BCUT2D eigenvalue weighted by atomic mass is 32.2. The van der Waals surface area contributed by atoms with Gasteiger partial charge in [-0.25, -0.2) is 5.14 Å². The van der Waals surface area contributed by atoms with Crippen molar-refractivity contribution < 1.29 is 22.8 Å². The van der Waals surface area contributed by atoms with Crippen molar-refractivity contribution >= 4 is 10.3 Å². The monoisotopic (exact) mass is 226 g/mol. The molecule has 1 fully saturated rings. The zero-order chi connectivity index (χ0) is 10.9. The SMILES string of the molecule is N[C@@H]1C[C@H](COS(N)(=O)=O)[C@@H](O)[C@H]1O. The molecule has 0 radical (unpaired) electrons. The van der Waals surface area contributed by atoms with E-state index in [1.54, 1.807) is 0 Å². The van der Waals surface area contributed by atoms with Gasteiger partial charge in [0.25, 0.3) is 0 Å². The second-order valence-electron chi connectivity index (χ2n) is 3.42. The Morgan fingerprint density at radius 2 is 1.93 bits per heavy atom. The molecule has 7 nitrogen and oxygen atoms in total. The average Bonchev–Trinajstić information content (AvgIpc) is 2.28. The molecule has 0 bridgehead atoms. The molecule has 0 spiro atoms. The van der Waals surface area contributed by atoms with E-state index < -0.39 is 34.5 Å². The molecule has 0 unspecified atom stereocenters. The van der Waals surface area contributed by atoms with E-state index in [0.29, 0.717) is 6.42 Å². The molecule has 0 aromatic rings. The van der Waals surface area contributed by atoms with E-state index in [9.17, 15) is 18.6 Å². The summed E-state index contributed by atoms with van der Waals surface area (Å²) in [4.78, 5) is 0. The van der Waals surface area contributed by atoms with Crippen LogP contribution in [0.5, 0.6) is 0 Å². The maximum Gasteiger partial charge on any atom is 0.333 e. The molecule has 14 heavy (non-hydrogen) atoms. The highest BCUT2D eigenvalue weighted by Crippen LogP contribution is 2.25. The molecule has 6 N–H and O–H groups in total. The second-order valence-corrected chi connectivity index (χ2v) is 4.64. The molecule has 0 aliphatic heterocycles. The lowest BCUT2D eigenvalue weighted by atomic mass is 10.1. The Labute approximate surface area is 81.9 Å².